The molecule has 0 aliphatic rings. The Morgan fingerprint density at radius 2 is 2.13 bits per heavy atom. The standard InChI is InChI=1S/C12H14O2S/c1-3-9-12(15,11(13)14-2)10-7-5-4-6-8-10/h3-8,15H,1,9H2,2H3. The third kappa shape index (κ3) is 2.42. The first-order valence-corrected chi connectivity index (χ1v) is 5.07. The van der Waals surface area contributed by atoms with Crippen LogP contribution < -0.4 is 0 Å². The first kappa shape index (κ1) is 11.9. The average Bonchev–Trinajstić information content (AvgIpc) is 2.29. The van der Waals surface area contributed by atoms with E-state index in [9.17, 15) is 4.79 Å². The van der Waals surface area contributed by atoms with Crippen LogP contribution in [0, 0.1) is 0 Å². The lowest BCUT2D eigenvalue weighted by Crippen LogP contribution is -2.30. The molecule has 0 aromatic heterocycles. The number of carbonyl (C=O) groups excluding carboxylic acids is 1. The van der Waals surface area contributed by atoms with Crippen LogP contribution in [0.5, 0.6) is 0 Å². The molecular formula is C12H14O2S. The van der Waals surface area contributed by atoms with Gasteiger partial charge in [-0.15, -0.1) is 6.58 Å². The zero-order chi connectivity index (χ0) is 11.3. The van der Waals surface area contributed by atoms with Crippen molar-refractivity contribution in [3.8, 4) is 0 Å². The van der Waals surface area contributed by atoms with Crippen molar-refractivity contribution >= 4 is 18.6 Å². The van der Waals surface area contributed by atoms with Crippen LogP contribution in [0.15, 0.2) is 43.0 Å². The van der Waals surface area contributed by atoms with Crippen molar-refractivity contribution in [2.24, 2.45) is 0 Å². The van der Waals surface area contributed by atoms with Crippen LogP contribution >= 0.6 is 12.6 Å². The summed E-state index contributed by atoms with van der Waals surface area (Å²) in [6.07, 6.45) is 2.10. The Labute approximate surface area is 95.4 Å². The number of allylic oxidation sites excluding steroid dienone is 1. The molecule has 0 bridgehead atoms. The summed E-state index contributed by atoms with van der Waals surface area (Å²) in [5.41, 5.74) is 0.820. The smallest absolute Gasteiger partial charge is 0.326 e. The molecule has 0 saturated carbocycles. The van der Waals surface area contributed by atoms with Gasteiger partial charge in [0.1, 0.15) is 4.75 Å². The summed E-state index contributed by atoms with van der Waals surface area (Å²) in [5.74, 6) is -0.364. The van der Waals surface area contributed by atoms with Gasteiger partial charge in [0.05, 0.1) is 7.11 Å². The van der Waals surface area contributed by atoms with Crippen LogP contribution in [0.1, 0.15) is 12.0 Å². The number of hydrogen-bond donors (Lipinski definition) is 1. The summed E-state index contributed by atoms with van der Waals surface area (Å²) in [6, 6.07) is 9.34. The third-order valence-corrected chi connectivity index (χ3v) is 2.84. The molecule has 0 radical (unpaired) electrons. The molecule has 80 valence electrons. The number of hydrogen-bond acceptors (Lipinski definition) is 3. The molecular weight excluding hydrogens is 208 g/mol. The molecule has 2 nitrogen and oxygen atoms in total. The van der Waals surface area contributed by atoms with Crippen molar-refractivity contribution in [3.63, 3.8) is 0 Å². The van der Waals surface area contributed by atoms with Crippen LogP contribution in [0.2, 0.25) is 0 Å². The SMILES string of the molecule is C=CCC(S)(C(=O)OC)c1ccccc1. The van der Waals surface area contributed by atoms with Crippen LogP contribution in [-0.4, -0.2) is 13.1 Å². The van der Waals surface area contributed by atoms with Gasteiger partial charge in [-0.2, -0.15) is 12.6 Å². The fraction of sp³-hybridized carbons (Fsp3) is 0.250. The minimum Gasteiger partial charge on any atom is -0.468 e. The van der Waals surface area contributed by atoms with E-state index >= 15 is 0 Å². The second kappa shape index (κ2) is 5.03. The molecule has 0 fully saturated rings. The molecule has 0 heterocycles. The zero-order valence-electron chi connectivity index (χ0n) is 8.64. The van der Waals surface area contributed by atoms with Gasteiger partial charge < -0.3 is 4.74 Å². The van der Waals surface area contributed by atoms with Crippen molar-refractivity contribution < 1.29 is 9.53 Å². The lowest BCUT2D eigenvalue weighted by atomic mass is 9.94. The Kier molecular flexibility index (Phi) is 3.97. The van der Waals surface area contributed by atoms with Gasteiger partial charge in [-0.05, 0) is 12.0 Å². The fourth-order valence-corrected chi connectivity index (χ4v) is 1.78. The number of rotatable bonds is 4. The second-order valence-electron chi connectivity index (χ2n) is 3.21. The Morgan fingerprint density at radius 3 is 2.60 bits per heavy atom. The Hall–Kier alpha value is -1.22. The molecule has 1 atom stereocenters. The number of benzene rings is 1. The summed E-state index contributed by atoms with van der Waals surface area (Å²) in [7, 11) is 1.36. The van der Waals surface area contributed by atoms with E-state index in [2.05, 4.69) is 19.2 Å². The van der Waals surface area contributed by atoms with Gasteiger partial charge in [-0.3, -0.25) is 4.79 Å². The lowest BCUT2D eigenvalue weighted by molar-refractivity contribution is -0.143. The molecule has 0 amide bonds. The average molecular weight is 222 g/mol. The molecule has 0 saturated heterocycles. The Morgan fingerprint density at radius 1 is 1.53 bits per heavy atom. The first-order valence-electron chi connectivity index (χ1n) is 4.62. The first-order chi connectivity index (χ1) is 7.15. The molecule has 0 spiro atoms. The van der Waals surface area contributed by atoms with Gasteiger partial charge in [-0.25, -0.2) is 0 Å². The minimum atomic E-state index is -0.933. The van der Waals surface area contributed by atoms with Crippen molar-refractivity contribution in [1.29, 1.82) is 0 Å². The molecule has 1 rings (SSSR count). The number of methoxy groups -OCH3 is 1. The molecule has 15 heavy (non-hydrogen) atoms. The largest absolute Gasteiger partial charge is 0.468 e. The lowest BCUT2D eigenvalue weighted by Gasteiger charge is -2.24. The van der Waals surface area contributed by atoms with E-state index in [0.29, 0.717) is 6.42 Å². The summed E-state index contributed by atoms with van der Waals surface area (Å²) < 4.78 is 3.83. The summed E-state index contributed by atoms with van der Waals surface area (Å²) >= 11 is 4.42. The quantitative estimate of drug-likeness (QED) is 0.481. The van der Waals surface area contributed by atoms with Gasteiger partial charge in [0.15, 0.2) is 0 Å². The Bertz CT molecular complexity index is 348. The maximum absolute atomic E-state index is 11.7. The van der Waals surface area contributed by atoms with E-state index in [1.165, 1.54) is 7.11 Å². The number of carbonyl (C=O) groups is 1. The highest BCUT2D eigenvalue weighted by Gasteiger charge is 2.36. The van der Waals surface area contributed by atoms with Gasteiger partial charge >= 0.3 is 5.97 Å². The highest BCUT2D eigenvalue weighted by molar-refractivity contribution is 7.82. The minimum absolute atomic E-state index is 0.364. The van der Waals surface area contributed by atoms with E-state index in [-0.39, 0.29) is 5.97 Å². The monoisotopic (exact) mass is 222 g/mol. The van der Waals surface area contributed by atoms with E-state index in [4.69, 9.17) is 4.74 Å². The number of ether oxygens (including phenoxy) is 1. The fourth-order valence-electron chi connectivity index (χ4n) is 1.41. The third-order valence-electron chi connectivity index (χ3n) is 2.21. The molecule has 0 aliphatic carbocycles. The van der Waals surface area contributed by atoms with Crippen molar-refractivity contribution in [1.82, 2.24) is 0 Å². The summed E-state index contributed by atoms with van der Waals surface area (Å²) in [4.78, 5) is 11.7. The molecule has 1 aromatic rings. The maximum atomic E-state index is 11.7. The normalized spacial score (nSPS) is 14.0. The predicted molar refractivity (Wildman–Crippen MR) is 63.9 cm³/mol. The van der Waals surface area contributed by atoms with Gasteiger partial charge in [-0.1, -0.05) is 36.4 Å². The Balaban J connectivity index is 3.12. The van der Waals surface area contributed by atoms with E-state index in [0.717, 1.165) is 5.56 Å². The molecule has 1 aromatic carbocycles. The number of esters is 1. The topological polar surface area (TPSA) is 26.3 Å². The molecule has 3 heteroatoms. The molecule has 0 N–H and O–H groups in total. The van der Waals surface area contributed by atoms with E-state index < -0.39 is 4.75 Å². The van der Waals surface area contributed by atoms with Crippen LogP contribution in [-0.2, 0) is 14.3 Å². The highest BCUT2D eigenvalue weighted by atomic mass is 32.1. The van der Waals surface area contributed by atoms with Gasteiger partial charge in [0.2, 0.25) is 0 Å². The van der Waals surface area contributed by atoms with E-state index in [1.54, 1.807) is 6.08 Å². The zero-order valence-corrected chi connectivity index (χ0v) is 9.54. The van der Waals surface area contributed by atoms with Gasteiger partial charge in [0, 0.05) is 0 Å². The van der Waals surface area contributed by atoms with Gasteiger partial charge in [0.25, 0.3) is 0 Å². The predicted octanol–water partition coefficient (Wildman–Crippen LogP) is 2.56. The summed E-state index contributed by atoms with van der Waals surface area (Å²) in [5, 5.41) is 0. The highest BCUT2D eigenvalue weighted by Crippen LogP contribution is 2.33. The van der Waals surface area contributed by atoms with Crippen molar-refractivity contribution in [3.05, 3.63) is 48.6 Å². The van der Waals surface area contributed by atoms with Crippen LogP contribution in [0.3, 0.4) is 0 Å². The van der Waals surface area contributed by atoms with E-state index in [1.807, 2.05) is 30.3 Å². The maximum Gasteiger partial charge on any atom is 0.326 e. The van der Waals surface area contributed by atoms with Crippen molar-refractivity contribution in [2.75, 3.05) is 7.11 Å². The molecule has 1 unspecified atom stereocenters. The second-order valence-corrected chi connectivity index (χ2v) is 3.97. The molecule has 0 aliphatic heterocycles. The van der Waals surface area contributed by atoms with Crippen molar-refractivity contribution in [2.45, 2.75) is 11.2 Å². The summed E-state index contributed by atoms with van der Waals surface area (Å²) in [6.45, 7) is 3.63. The van der Waals surface area contributed by atoms with Crippen LogP contribution in [0.4, 0.5) is 0 Å². The number of thiol groups is 1. The van der Waals surface area contributed by atoms with Crippen LogP contribution in [0.25, 0.3) is 0 Å².